The number of carbonyl (C=O) groups is 5. The van der Waals surface area contributed by atoms with Crippen molar-refractivity contribution >= 4 is 29.6 Å². The van der Waals surface area contributed by atoms with Crippen LogP contribution in [-0.4, -0.2) is 96.4 Å². The van der Waals surface area contributed by atoms with E-state index in [1.807, 2.05) is 39.8 Å². The maximum Gasteiger partial charge on any atom is 0.408 e. The molecule has 0 aromatic rings. The minimum absolute atomic E-state index is 0.140. The van der Waals surface area contributed by atoms with E-state index in [2.05, 4.69) is 22.5 Å². The number of ketones is 1. The molecule has 4 unspecified atom stereocenters. The average Bonchev–Trinajstić information content (AvgIpc) is 3.50. The van der Waals surface area contributed by atoms with Gasteiger partial charge in [0, 0.05) is 19.1 Å². The molecule has 2 fully saturated rings. The van der Waals surface area contributed by atoms with Crippen LogP contribution in [0.4, 0.5) is 4.79 Å². The van der Waals surface area contributed by atoms with Crippen LogP contribution in [0.5, 0.6) is 0 Å². The highest BCUT2D eigenvalue weighted by molar-refractivity contribution is 6.38. The second-order valence-corrected chi connectivity index (χ2v) is 12.8. The van der Waals surface area contributed by atoms with E-state index >= 15 is 0 Å². The molecule has 0 aromatic carbocycles. The third kappa shape index (κ3) is 9.33. The summed E-state index contributed by atoms with van der Waals surface area (Å²) in [6, 6.07) is -3.18. The van der Waals surface area contributed by atoms with Crippen molar-refractivity contribution in [3.05, 3.63) is 12.7 Å². The fourth-order valence-corrected chi connectivity index (χ4v) is 4.71. The van der Waals surface area contributed by atoms with Crippen LogP contribution in [0.25, 0.3) is 0 Å². The van der Waals surface area contributed by atoms with Gasteiger partial charge < -0.3 is 30.5 Å². The van der Waals surface area contributed by atoms with Crippen LogP contribution in [0.3, 0.4) is 0 Å². The third-order valence-corrected chi connectivity index (χ3v) is 6.88. The van der Waals surface area contributed by atoms with E-state index in [-0.39, 0.29) is 18.5 Å². The first-order valence-electron chi connectivity index (χ1n) is 13.7. The summed E-state index contributed by atoms with van der Waals surface area (Å²) < 4.78 is 5.39. The molecule has 0 bridgehead atoms. The van der Waals surface area contributed by atoms with E-state index in [4.69, 9.17) is 4.74 Å². The zero-order valence-electron chi connectivity index (χ0n) is 24.8. The van der Waals surface area contributed by atoms with Gasteiger partial charge in [0.25, 0.3) is 5.91 Å². The van der Waals surface area contributed by atoms with Crippen molar-refractivity contribution < 1.29 is 28.7 Å². The average molecular weight is 550 g/mol. The maximum atomic E-state index is 13.9. The van der Waals surface area contributed by atoms with E-state index in [0.717, 1.165) is 12.8 Å². The lowest BCUT2D eigenvalue weighted by molar-refractivity contribution is -0.144. The molecule has 1 saturated heterocycles. The second-order valence-electron chi connectivity index (χ2n) is 12.8. The molecule has 1 aliphatic carbocycles. The fourth-order valence-electron chi connectivity index (χ4n) is 4.71. The van der Waals surface area contributed by atoms with Crippen molar-refractivity contribution in [1.82, 2.24) is 25.8 Å². The zero-order valence-corrected chi connectivity index (χ0v) is 24.8. The van der Waals surface area contributed by atoms with Crippen LogP contribution in [0.2, 0.25) is 0 Å². The van der Waals surface area contributed by atoms with Crippen LogP contribution >= 0.6 is 0 Å². The van der Waals surface area contributed by atoms with Gasteiger partial charge in [0.15, 0.2) is 0 Å². The van der Waals surface area contributed by atoms with Gasteiger partial charge in [-0.2, -0.15) is 0 Å². The fraction of sp³-hybridized carbons (Fsp3) is 0.750. The number of alkyl carbamates (subject to hydrolysis) is 1. The van der Waals surface area contributed by atoms with Crippen LogP contribution in [0.1, 0.15) is 67.2 Å². The summed E-state index contributed by atoms with van der Waals surface area (Å²) >= 11 is 0. The normalized spacial score (nSPS) is 21.1. The Labute approximate surface area is 232 Å². The summed E-state index contributed by atoms with van der Waals surface area (Å²) in [5.41, 5.74) is -1.43. The van der Waals surface area contributed by atoms with Crippen molar-refractivity contribution in [3.63, 3.8) is 0 Å². The third-order valence-electron chi connectivity index (χ3n) is 6.88. The summed E-state index contributed by atoms with van der Waals surface area (Å²) in [6.07, 6.45) is 3.52. The highest BCUT2D eigenvalue weighted by Crippen LogP contribution is 2.34. The number of ether oxygens (including phenoxy) is 1. The van der Waals surface area contributed by atoms with Crippen LogP contribution in [0, 0.1) is 11.3 Å². The van der Waals surface area contributed by atoms with Crippen molar-refractivity contribution in [2.24, 2.45) is 11.3 Å². The molecule has 1 heterocycles. The number of hydrogen-bond acceptors (Lipinski definition) is 7. The van der Waals surface area contributed by atoms with Crippen LogP contribution < -0.4 is 16.0 Å². The van der Waals surface area contributed by atoms with Gasteiger partial charge in [-0.25, -0.2) is 4.79 Å². The lowest BCUT2D eigenvalue weighted by atomic mass is 9.85. The summed E-state index contributed by atoms with van der Waals surface area (Å²) in [7, 11) is 3.66. The van der Waals surface area contributed by atoms with E-state index in [1.165, 1.54) is 11.0 Å². The minimum Gasteiger partial charge on any atom is -0.444 e. The molecule has 39 heavy (non-hydrogen) atoms. The first-order valence-corrected chi connectivity index (χ1v) is 13.7. The van der Waals surface area contributed by atoms with Crippen LogP contribution in [-0.2, 0) is 23.9 Å². The Bertz CT molecular complexity index is 947. The minimum atomic E-state index is -0.992. The number of hydrogen-bond donors (Lipinski definition) is 3. The first kappa shape index (κ1) is 32.3. The van der Waals surface area contributed by atoms with Crippen molar-refractivity contribution in [1.29, 1.82) is 0 Å². The lowest BCUT2D eigenvalue weighted by Crippen LogP contribution is -2.61. The lowest BCUT2D eigenvalue weighted by Gasteiger charge is -2.37. The van der Waals surface area contributed by atoms with Crippen molar-refractivity contribution in [2.75, 3.05) is 27.2 Å². The quantitative estimate of drug-likeness (QED) is 0.263. The molecule has 4 amide bonds. The van der Waals surface area contributed by atoms with Crippen molar-refractivity contribution in [2.45, 2.75) is 97.0 Å². The summed E-state index contributed by atoms with van der Waals surface area (Å²) in [5.74, 6) is -2.14. The number of carbonyl (C=O) groups excluding carboxylic acids is 5. The van der Waals surface area contributed by atoms with Gasteiger partial charge in [0.1, 0.15) is 17.7 Å². The molecular weight excluding hydrogens is 502 g/mol. The molecule has 11 heteroatoms. The number of amides is 4. The van der Waals surface area contributed by atoms with Gasteiger partial charge in [0.05, 0.1) is 6.04 Å². The molecule has 4 atom stereocenters. The summed E-state index contributed by atoms with van der Waals surface area (Å²) in [6.45, 7) is 14.7. The highest BCUT2D eigenvalue weighted by Gasteiger charge is 2.48. The number of nitrogens with zero attached hydrogens (tertiary/aromatic N) is 2. The maximum absolute atomic E-state index is 13.9. The molecule has 1 aliphatic heterocycles. The van der Waals surface area contributed by atoms with Gasteiger partial charge >= 0.3 is 6.09 Å². The highest BCUT2D eigenvalue weighted by atomic mass is 16.6. The molecule has 0 spiro atoms. The topological polar surface area (TPSA) is 137 Å². The van der Waals surface area contributed by atoms with Gasteiger partial charge in [-0.3, -0.25) is 19.2 Å². The number of nitrogens with one attached hydrogen (secondary N) is 3. The Hall–Kier alpha value is -2.95. The van der Waals surface area contributed by atoms with Gasteiger partial charge in [0.2, 0.25) is 17.6 Å². The Morgan fingerprint density at radius 3 is 2.13 bits per heavy atom. The zero-order chi connectivity index (χ0) is 29.7. The van der Waals surface area contributed by atoms with Crippen molar-refractivity contribution in [3.8, 4) is 0 Å². The predicted molar refractivity (Wildman–Crippen MR) is 148 cm³/mol. The largest absolute Gasteiger partial charge is 0.444 e. The Morgan fingerprint density at radius 1 is 1.03 bits per heavy atom. The molecular formula is C28H47N5O6. The van der Waals surface area contributed by atoms with E-state index < -0.39 is 58.7 Å². The van der Waals surface area contributed by atoms with Gasteiger partial charge in [-0.05, 0) is 59.0 Å². The molecule has 2 aliphatic rings. The molecule has 220 valence electrons. The Kier molecular flexibility index (Phi) is 10.7. The monoisotopic (exact) mass is 549 g/mol. The summed E-state index contributed by atoms with van der Waals surface area (Å²) in [5, 5.41) is 7.99. The number of rotatable bonds is 11. The van der Waals surface area contributed by atoms with E-state index in [0.29, 0.717) is 19.4 Å². The van der Waals surface area contributed by atoms with Gasteiger partial charge in [-0.15, -0.1) is 6.58 Å². The Morgan fingerprint density at radius 2 is 1.64 bits per heavy atom. The second kappa shape index (κ2) is 12.9. The van der Waals surface area contributed by atoms with E-state index in [9.17, 15) is 24.0 Å². The number of likely N-dealkylation sites (N-methyl/N-ethyl adjacent to an activating group) is 1. The number of Topliss-reactive ketones (excluding diaryl/α,β-unsaturated/α-hetero) is 1. The predicted octanol–water partition coefficient (Wildman–Crippen LogP) is 1.61. The summed E-state index contributed by atoms with van der Waals surface area (Å²) in [4.78, 5) is 69.0. The van der Waals surface area contributed by atoms with Gasteiger partial charge in [-0.1, -0.05) is 39.7 Å². The molecule has 11 nitrogen and oxygen atoms in total. The van der Waals surface area contributed by atoms with E-state index in [1.54, 1.807) is 20.8 Å². The molecule has 0 radical (unpaired) electrons. The molecule has 2 rings (SSSR count). The SMILES string of the molecule is C=CCNC(=O)C(=O)C(CC1CC1)NC(=O)C1C(N(C)C)CCN1C(=O)C(NC(=O)OC(C)(C)C)C(C)(C)C. The number of likely N-dealkylation sites (tertiary alicyclic amines) is 1. The molecule has 1 saturated carbocycles. The first-order chi connectivity index (χ1) is 18.0. The molecule has 3 N–H and O–H groups in total. The smallest absolute Gasteiger partial charge is 0.408 e. The van der Waals surface area contributed by atoms with Crippen LogP contribution in [0.15, 0.2) is 12.7 Å². The molecule has 0 aromatic heterocycles. The standard InChI is InChI=1S/C28H47N5O6/c1-10-14-29-24(36)21(34)18(16-17-11-12-17)30-23(35)20-19(32(8)9)13-15-33(20)25(37)22(27(2,3)4)31-26(38)39-28(5,6)7/h10,17-20,22H,1,11-16H2,2-9H3,(H,29,36)(H,30,35)(H,31,38). The Balaban J connectivity index is 2.31.